The lowest BCUT2D eigenvalue weighted by molar-refractivity contribution is 0.102. The van der Waals surface area contributed by atoms with E-state index < -0.39 is 23.0 Å². The number of rotatable bonds is 6. The lowest BCUT2D eigenvalue weighted by Gasteiger charge is -2.18. The smallest absolute Gasteiger partial charge is 0.335 e. The van der Waals surface area contributed by atoms with Gasteiger partial charge in [-0.05, 0) is 75.3 Å². The molecular weight excluding hydrogens is 491 g/mol. The Morgan fingerprint density at radius 1 is 1.08 bits per heavy atom. The highest BCUT2D eigenvalue weighted by atomic mass is 19.1. The molecule has 38 heavy (non-hydrogen) atoms. The van der Waals surface area contributed by atoms with Crippen molar-refractivity contribution in [2.75, 3.05) is 11.9 Å². The van der Waals surface area contributed by atoms with Crippen LogP contribution in [0.15, 0.2) is 70.6 Å². The summed E-state index contributed by atoms with van der Waals surface area (Å²) in [4.78, 5) is 47.9. The Bertz CT molecular complexity index is 1610. The van der Waals surface area contributed by atoms with Crippen LogP contribution in [0.4, 0.5) is 10.1 Å². The molecule has 0 aliphatic carbocycles. The molecular formula is C27H25FN6O4. The lowest BCUT2D eigenvalue weighted by atomic mass is 10.1. The number of hydrogen-bond acceptors (Lipinski definition) is 7. The monoisotopic (exact) mass is 516 g/mol. The van der Waals surface area contributed by atoms with E-state index in [1.54, 1.807) is 38.1 Å². The van der Waals surface area contributed by atoms with Crippen LogP contribution in [0.1, 0.15) is 41.5 Å². The number of halogens is 1. The molecule has 0 radical (unpaired) electrons. The topological polar surface area (TPSA) is 120 Å². The highest BCUT2D eigenvalue weighted by Gasteiger charge is 2.20. The summed E-state index contributed by atoms with van der Waals surface area (Å²) in [5.74, 6) is -0.185. The van der Waals surface area contributed by atoms with Crippen molar-refractivity contribution in [3.8, 4) is 17.3 Å². The predicted molar refractivity (Wildman–Crippen MR) is 139 cm³/mol. The van der Waals surface area contributed by atoms with Gasteiger partial charge in [-0.15, -0.1) is 0 Å². The first-order chi connectivity index (χ1) is 18.3. The van der Waals surface area contributed by atoms with E-state index in [0.29, 0.717) is 23.9 Å². The number of nitrogens with zero attached hydrogens (tertiary/aromatic N) is 4. The van der Waals surface area contributed by atoms with Crippen LogP contribution in [0, 0.1) is 5.82 Å². The SMILES string of the molecule is CC(C)n1cc(C(=O)Nc2ccc(Oc3ncnc4c3CCNC4)cc2)c(=O)n(-c2ccc(F)cc2)c1=O. The van der Waals surface area contributed by atoms with Crippen LogP contribution in [0.3, 0.4) is 0 Å². The molecule has 11 heteroatoms. The first-order valence-electron chi connectivity index (χ1n) is 12.1. The number of nitrogens with one attached hydrogen (secondary N) is 2. The molecule has 0 saturated heterocycles. The van der Waals surface area contributed by atoms with E-state index in [4.69, 9.17) is 4.74 Å². The first kappa shape index (κ1) is 25.0. The number of anilines is 1. The summed E-state index contributed by atoms with van der Waals surface area (Å²) in [6.07, 6.45) is 3.47. The van der Waals surface area contributed by atoms with Crippen molar-refractivity contribution < 1.29 is 13.9 Å². The quantitative estimate of drug-likeness (QED) is 0.404. The molecule has 1 amide bonds. The average Bonchev–Trinajstić information content (AvgIpc) is 2.91. The molecule has 2 aromatic heterocycles. The number of carbonyl (C=O) groups excluding carboxylic acids is 1. The molecule has 0 spiro atoms. The fourth-order valence-corrected chi connectivity index (χ4v) is 4.17. The van der Waals surface area contributed by atoms with E-state index in [1.807, 2.05) is 0 Å². The minimum absolute atomic E-state index is 0.162. The Morgan fingerprint density at radius 3 is 2.53 bits per heavy atom. The van der Waals surface area contributed by atoms with Crippen molar-refractivity contribution in [2.24, 2.45) is 0 Å². The lowest BCUT2D eigenvalue weighted by Crippen LogP contribution is -2.42. The van der Waals surface area contributed by atoms with Gasteiger partial charge in [-0.1, -0.05) is 0 Å². The fourth-order valence-electron chi connectivity index (χ4n) is 4.17. The maximum Gasteiger partial charge on any atom is 0.335 e. The molecule has 10 nitrogen and oxygen atoms in total. The molecule has 5 rings (SSSR count). The van der Waals surface area contributed by atoms with E-state index >= 15 is 0 Å². The van der Waals surface area contributed by atoms with Gasteiger partial charge in [0.15, 0.2) is 0 Å². The van der Waals surface area contributed by atoms with Crippen LogP contribution in [0.25, 0.3) is 5.69 Å². The fraction of sp³-hybridized carbons (Fsp3) is 0.222. The van der Waals surface area contributed by atoms with Gasteiger partial charge in [0.25, 0.3) is 11.5 Å². The highest BCUT2D eigenvalue weighted by molar-refractivity contribution is 6.03. The molecule has 0 bridgehead atoms. The minimum Gasteiger partial charge on any atom is -0.439 e. The summed E-state index contributed by atoms with van der Waals surface area (Å²) in [5, 5.41) is 5.96. The van der Waals surface area contributed by atoms with Gasteiger partial charge in [0, 0.05) is 30.0 Å². The van der Waals surface area contributed by atoms with E-state index in [1.165, 1.54) is 29.2 Å². The molecule has 0 fully saturated rings. The van der Waals surface area contributed by atoms with Gasteiger partial charge in [-0.2, -0.15) is 0 Å². The maximum absolute atomic E-state index is 13.4. The zero-order valence-electron chi connectivity index (χ0n) is 20.8. The van der Waals surface area contributed by atoms with Crippen LogP contribution in [-0.4, -0.2) is 31.6 Å². The van der Waals surface area contributed by atoms with Crippen molar-refractivity contribution in [2.45, 2.75) is 32.9 Å². The van der Waals surface area contributed by atoms with Gasteiger partial charge < -0.3 is 15.4 Å². The summed E-state index contributed by atoms with van der Waals surface area (Å²) in [5.41, 5.74) is 0.780. The normalized spacial score (nSPS) is 12.7. The number of carbonyl (C=O) groups is 1. The predicted octanol–water partition coefficient (Wildman–Crippen LogP) is 3.20. The number of amides is 1. The summed E-state index contributed by atoms with van der Waals surface area (Å²) >= 11 is 0. The second-order valence-electron chi connectivity index (χ2n) is 9.05. The van der Waals surface area contributed by atoms with Gasteiger partial charge in [-0.25, -0.2) is 23.7 Å². The molecule has 0 saturated carbocycles. The van der Waals surface area contributed by atoms with Gasteiger partial charge in [0.05, 0.1) is 11.4 Å². The van der Waals surface area contributed by atoms with Crippen molar-refractivity contribution in [3.05, 3.63) is 105 Å². The Morgan fingerprint density at radius 2 is 1.82 bits per heavy atom. The molecule has 0 unspecified atom stereocenters. The third-order valence-electron chi connectivity index (χ3n) is 6.17. The largest absolute Gasteiger partial charge is 0.439 e. The molecule has 194 valence electrons. The first-order valence-corrected chi connectivity index (χ1v) is 12.1. The number of hydrogen-bond donors (Lipinski definition) is 2. The zero-order valence-corrected chi connectivity index (χ0v) is 20.8. The molecule has 3 heterocycles. The Hall–Kier alpha value is -4.64. The molecule has 1 aliphatic heterocycles. The van der Waals surface area contributed by atoms with Crippen LogP contribution in [0.5, 0.6) is 11.6 Å². The summed E-state index contributed by atoms with van der Waals surface area (Å²) in [6.45, 7) is 4.99. The molecule has 4 aromatic rings. The third kappa shape index (κ3) is 4.96. The zero-order chi connectivity index (χ0) is 26.8. The number of fused-ring (bicyclic) bond motifs is 1. The maximum atomic E-state index is 13.4. The van der Waals surface area contributed by atoms with Gasteiger partial charge in [0.1, 0.15) is 23.5 Å². The number of benzene rings is 2. The van der Waals surface area contributed by atoms with Gasteiger partial charge in [0.2, 0.25) is 5.88 Å². The van der Waals surface area contributed by atoms with Gasteiger partial charge >= 0.3 is 5.69 Å². The van der Waals surface area contributed by atoms with E-state index in [0.717, 1.165) is 40.9 Å². The summed E-state index contributed by atoms with van der Waals surface area (Å²) in [6, 6.07) is 11.2. The van der Waals surface area contributed by atoms with Crippen molar-refractivity contribution in [1.82, 2.24) is 24.4 Å². The summed E-state index contributed by atoms with van der Waals surface area (Å²) < 4.78 is 21.5. The van der Waals surface area contributed by atoms with Crippen molar-refractivity contribution in [3.63, 3.8) is 0 Å². The Labute approximate surface area is 216 Å². The van der Waals surface area contributed by atoms with E-state index in [2.05, 4.69) is 20.6 Å². The Balaban J connectivity index is 1.40. The van der Waals surface area contributed by atoms with Crippen LogP contribution >= 0.6 is 0 Å². The van der Waals surface area contributed by atoms with Gasteiger partial charge in [-0.3, -0.25) is 14.2 Å². The van der Waals surface area contributed by atoms with Crippen LogP contribution in [0.2, 0.25) is 0 Å². The molecule has 2 aromatic carbocycles. The van der Waals surface area contributed by atoms with Crippen molar-refractivity contribution >= 4 is 11.6 Å². The Kier molecular flexibility index (Phi) is 6.84. The third-order valence-corrected chi connectivity index (χ3v) is 6.17. The standard InChI is InChI=1S/C27H25FN6O4/c1-16(2)33-14-22(26(36)34(27(33)37)19-7-3-17(28)4-8-19)24(35)32-18-5-9-20(10-6-18)38-25-21-11-12-29-13-23(21)30-15-31-25/h3-10,14-16,29H,11-13H2,1-2H3,(H,32,35). The van der Waals surface area contributed by atoms with Crippen LogP contribution in [-0.2, 0) is 13.0 Å². The molecule has 1 aliphatic rings. The number of ether oxygens (including phenoxy) is 1. The minimum atomic E-state index is -0.806. The molecule has 0 atom stereocenters. The molecule has 2 N–H and O–H groups in total. The van der Waals surface area contributed by atoms with Crippen LogP contribution < -0.4 is 26.6 Å². The van der Waals surface area contributed by atoms with E-state index in [9.17, 15) is 18.8 Å². The highest BCUT2D eigenvalue weighted by Crippen LogP contribution is 2.27. The van der Waals surface area contributed by atoms with Crippen molar-refractivity contribution in [1.29, 1.82) is 0 Å². The summed E-state index contributed by atoms with van der Waals surface area (Å²) in [7, 11) is 0. The second-order valence-corrected chi connectivity index (χ2v) is 9.05. The second kappa shape index (κ2) is 10.4. The average molecular weight is 517 g/mol. The number of aromatic nitrogens is 4. The van der Waals surface area contributed by atoms with E-state index in [-0.39, 0.29) is 17.3 Å².